The zero-order chi connectivity index (χ0) is 21.5. The van der Waals surface area contributed by atoms with Gasteiger partial charge in [-0.05, 0) is 49.4 Å². The third-order valence-corrected chi connectivity index (χ3v) is 6.76. The van der Waals surface area contributed by atoms with Crippen molar-refractivity contribution in [2.45, 2.75) is 18.0 Å². The number of hydrogen-bond acceptors (Lipinski definition) is 6. The first kappa shape index (κ1) is 20.3. The van der Waals surface area contributed by atoms with Gasteiger partial charge in [-0.15, -0.1) is 0 Å². The van der Waals surface area contributed by atoms with Crippen LogP contribution >= 0.6 is 0 Å². The van der Waals surface area contributed by atoms with Crippen LogP contribution in [0.5, 0.6) is 0 Å². The van der Waals surface area contributed by atoms with E-state index in [-0.39, 0.29) is 16.4 Å². The van der Waals surface area contributed by atoms with Crippen molar-refractivity contribution in [2.75, 3.05) is 36.4 Å². The van der Waals surface area contributed by atoms with Gasteiger partial charge in [0.25, 0.3) is 5.91 Å². The van der Waals surface area contributed by atoms with Gasteiger partial charge in [0.1, 0.15) is 10.7 Å². The molecule has 0 unspecified atom stereocenters. The first-order chi connectivity index (χ1) is 14.2. The van der Waals surface area contributed by atoms with Crippen molar-refractivity contribution in [2.24, 2.45) is 0 Å². The molecule has 2 aromatic rings. The van der Waals surface area contributed by atoms with Crippen molar-refractivity contribution >= 4 is 33.1 Å². The predicted octanol–water partition coefficient (Wildman–Crippen LogP) is 1.41. The Kier molecular flexibility index (Phi) is 5.20. The zero-order valence-electron chi connectivity index (χ0n) is 16.3. The number of nitrogens with one attached hydrogen (secondary N) is 2. The van der Waals surface area contributed by atoms with Crippen LogP contribution in [-0.2, 0) is 14.8 Å². The first-order valence-electron chi connectivity index (χ1n) is 9.48. The summed E-state index contributed by atoms with van der Waals surface area (Å²) in [4.78, 5) is 27.9. The zero-order valence-corrected chi connectivity index (χ0v) is 17.1. The van der Waals surface area contributed by atoms with E-state index in [4.69, 9.17) is 0 Å². The maximum atomic E-state index is 13.5. The number of halogens is 1. The minimum absolute atomic E-state index is 0.000792. The second-order valence-corrected chi connectivity index (χ2v) is 8.94. The summed E-state index contributed by atoms with van der Waals surface area (Å²) in [5.41, 5.74) is 1.66. The van der Waals surface area contributed by atoms with E-state index in [2.05, 4.69) is 14.9 Å². The minimum atomic E-state index is -3.92. The molecule has 2 aliphatic rings. The van der Waals surface area contributed by atoms with E-state index in [0.717, 1.165) is 23.9 Å². The Morgan fingerprint density at radius 1 is 1.03 bits per heavy atom. The van der Waals surface area contributed by atoms with Crippen molar-refractivity contribution in [3.63, 3.8) is 0 Å². The van der Waals surface area contributed by atoms with E-state index in [1.807, 2.05) is 12.1 Å². The number of Topliss-reactive ketones (excluding diaryl/α,β-unsaturated/α-hetero) is 1. The summed E-state index contributed by atoms with van der Waals surface area (Å²) in [6.07, 6.45) is -1.19. The molecule has 1 atom stereocenters. The van der Waals surface area contributed by atoms with Gasteiger partial charge in [-0.2, -0.15) is 4.72 Å². The molecule has 1 saturated heterocycles. The molecule has 0 aromatic heterocycles. The normalized spacial score (nSPS) is 20.3. The lowest BCUT2D eigenvalue weighted by Gasteiger charge is -2.38. The summed E-state index contributed by atoms with van der Waals surface area (Å²) in [5, 5.41) is 2.78. The number of sulfonamides is 1. The minimum Gasteiger partial charge on any atom is -0.368 e. The number of carbonyl (C=O) groups is 2. The molecular weight excluding hydrogens is 411 g/mol. The van der Waals surface area contributed by atoms with Gasteiger partial charge in [-0.1, -0.05) is 0 Å². The summed E-state index contributed by atoms with van der Waals surface area (Å²) in [6, 6.07) is 10.6. The Labute approximate surface area is 173 Å². The number of anilines is 2. The molecule has 0 bridgehead atoms. The van der Waals surface area contributed by atoms with Crippen LogP contribution in [-0.4, -0.2) is 57.4 Å². The highest BCUT2D eigenvalue weighted by atomic mass is 32.2. The molecule has 1 fully saturated rings. The molecule has 0 aliphatic carbocycles. The number of nitrogens with zero attached hydrogens (tertiary/aromatic N) is 2. The van der Waals surface area contributed by atoms with E-state index >= 15 is 0 Å². The molecule has 2 N–H and O–H groups in total. The Bertz CT molecular complexity index is 1100. The lowest BCUT2D eigenvalue weighted by molar-refractivity contribution is -0.132. The Morgan fingerprint density at radius 2 is 1.70 bits per heavy atom. The van der Waals surface area contributed by atoms with E-state index in [1.165, 1.54) is 6.92 Å². The van der Waals surface area contributed by atoms with Crippen LogP contribution in [0.1, 0.15) is 17.3 Å². The van der Waals surface area contributed by atoms with E-state index in [9.17, 15) is 22.4 Å². The smallest absolute Gasteiger partial charge is 0.261 e. The van der Waals surface area contributed by atoms with E-state index in [1.54, 1.807) is 17.0 Å². The fourth-order valence-corrected chi connectivity index (χ4v) is 4.89. The van der Waals surface area contributed by atoms with Crippen LogP contribution in [0.15, 0.2) is 47.4 Å². The highest BCUT2D eigenvalue weighted by Gasteiger charge is 2.36. The SMILES string of the molecule is CC(=O)c1ccc(N2CCN(C(=O)[C@H]3Nc4cc(F)ccc4S(=O)(=O)N3)CC2)cc1. The monoisotopic (exact) mass is 432 g/mol. The summed E-state index contributed by atoms with van der Waals surface area (Å²) in [6.45, 7) is 3.46. The van der Waals surface area contributed by atoms with Gasteiger partial charge in [-0.3, -0.25) is 9.59 Å². The number of ketones is 1. The van der Waals surface area contributed by atoms with Gasteiger partial charge in [0, 0.05) is 37.4 Å². The molecule has 1 amide bonds. The molecule has 10 heteroatoms. The second kappa shape index (κ2) is 7.69. The van der Waals surface area contributed by atoms with Crippen LogP contribution in [0.25, 0.3) is 0 Å². The van der Waals surface area contributed by atoms with Crippen molar-refractivity contribution < 1.29 is 22.4 Å². The standard InChI is InChI=1S/C20H21FN4O4S/c1-13(26)14-2-5-16(6-3-14)24-8-10-25(11-9-24)20(27)19-22-17-12-15(21)4-7-18(17)30(28,29)23-19/h2-7,12,19,22-23H,8-11H2,1H3/t19-/m0/s1. The first-order valence-corrected chi connectivity index (χ1v) is 11.0. The number of benzene rings is 2. The van der Waals surface area contributed by atoms with Crippen LogP contribution < -0.4 is 14.9 Å². The predicted molar refractivity (Wildman–Crippen MR) is 109 cm³/mol. The second-order valence-electron chi connectivity index (χ2n) is 7.25. The number of piperazine rings is 1. The Balaban J connectivity index is 1.43. The third-order valence-electron chi connectivity index (χ3n) is 5.28. The summed E-state index contributed by atoms with van der Waals surface area (Å²) >= 11 is 0. The van der Waals surface area contributed by atoms with Gasteiger partial charge in [0.05, 0.1) is 5.69 Å². The van der Waals surface area contributed by atoms with Crippen molar-refractivity contribution in [1.82, 2.24) is 9.62 Å². The average Bonchev–Trinajstić information content (AvgIpc) is 2.72. The maximum Gasteiger partial charge on any atom is 0.261 e. The molecule has 0 radical (unpaired) electrons. The van der Waals surface area contributed by atoms with Crippen molar-refractivity contribution in [3.05, 3.63) is 53.8 Å². The Morgan fingerprint density at radius 3 is 2.33 bits per heavy atom. The van der Waals surface area contributed by atoms with Crippen molar-refractivity contribution in [1.29, 1.82) is 0 Å². The number of rotatable bonds is 3. The molecule has 158 valence electrons. The maximum absolute atomic E-state index is 13.5. The van der Waals surface area contributed by atoms with Crippen molar-refractivity contribution in [3.8, 4) is 0 Å². The topological polar surface area (TPSA) is 98.8 Å². The van der Waals surface area contributed by atoms with Crippen LogP contribution in [0, 0.1) is 5.82 Å². The molecule has 2 heterocycles. The highest BCUT2D eigenvalue weighted by molar-refractivity contribution is 7.89. The molecule has 2 aliphatic heterocycles. The quantitative estimate of drug-likeness (QED) is 0.712. The molecule has 4 rings (SSSR count). The number of hydrogen-bond donors (Lipinski definition) is 2. The highest BCUT2D eigenvalue weighted by Crippen LogP contribution is 2.27. The van der Waals surface area contributed by atoms with Gasteiger partial charge in [0.2, 0.25) is 10.0 Å². The number of carbonyl (C=O) groups excluding carboxylic acids is 2. The number of fused-ring (bicyclic) bond motifs is 1. The molecular formula is C20H21FN4O4S. The Hall–Kier alpha value is -2.98. The molecule has 8 nitrogen and oxygen atoms in total. The average molecular weight is 432 g/mol. The van der Waals surface area contributed by atoms with Gasteiger partial charge >= 0.3 is 0 Å². The van der Waals surface area contributed by atoms with Crippen LogP contribution in [0.2, 0.25) is 0 Å². The van der Waals surface area contributed by atoms with Crippen LogP contribution in [0.4, 0.5) is 15.8 Å². The summed E-state index contributed by atoms with van der Waals surface area (Å²) < 4.78 is 40.7. The fraction of sp³-hybridized carbons (Fsp3) is 0.300. The molecule has 2 aromatic carbocycles. The van der Waals surface area contributed by atoms with Gasteiger partial charge < -0.3 is 15.1 Å². The molecule has 0 saturated carbocycles. The van der Waals surface area contributed by atoms with E-state index < -0.39 is 27.9 Å². The summed E-state index contributed by atoms with van der Waals surface area (Å²) in [7, 11) is -3.92. The van der Waals surface area contributed by atoms with Gasteiger partial charge in [-0.25, -0.2) is 12.8 Å². The van der Waals surface area contributed by atoms with E-state index in [0.29, 0.717) is 31.7 Å². The summed E-state index contributed by atoms with van der Waals surface area (Å²) in [5.74, 6) is -1.00. The lowest BCUT2D eigenvalue weighted by atomic mass is 10.1. The van der Waals surface area contributed by atoms with Crippen LogP contribution in [0.3, 0.4) is 0 Å². The molecule has 30 heavy (non-hydrogen) atoms. The molecule has 0 spiro atoms. The fourth-order valence-electron chi connectivity index (χ4n) is 3.64. The largest absolute Gasteiger partial charge is 0.368 e. The lowest BCUT2D eigenvalue weighted by Crippen LogP contribution is -2.58. The third kappa shape index (κ3) is 3.88. The number of amides is 1. The van der Waals surface area contributed by atoms with Gasteiger partial charge in [0.15, 0.2) is 11.9 Å².